The first-order chi connectivity index (χ1) is 18.3. The number of benzene rings is 1. The zero-order valence-electron chi connectivity index (χ0n) is 23.0. The molecular weight excluding hydrogens is 478 g/mol. The second kappa shape index (κ2) is 15.1. The van der Waals surface area contributed by atoms with Crippen molar-refractivity contribution in [3.05, 3.63) is 36.5 Å². The maximum Gasteiger partial charge on any atom is 0.246 e. The second-order valence-electron chi connectivity index (χ2n) is 11.2. The smallest absolute Gasteiger partial charge is 0.246 e. The van der Waals surface area contributed by atoms with Crippen LogP contribution in [0.3, 0.4) is 0 Å². The molecule has 2 atom stereocenters. The zero-order chi connectivity index (χ0) is 27.4. The van der Waals surface area contributed by atoms with Gasteiger partial charge in [-0.25, -0.2) is 0 Å². The molecule has 8 N–H and O–H groups in total. The number of nitrogens with zero attached hydrogens (tertiary/aromatic N) is 2. The van der Waals surface area contributed by atoms with Crippen LogP contribution in [0.25, 0.3) is 10.9 Å². The SMILES string of the molecule is C[N+](CCN)(CCN)CCC[C@H](N)C(=O)N[C@H](CCC1CCCCC1)C(=O)Nc1cnc2ccccc2c1. The summed E-state index contributed by atoms with van der Waals surface area (Å²) in [6.45, 7) is 3.72. The van der Waals surface area contributed by atoms with E-state index < -0.39 is 12.1 Å². The van der Waals surface area contributed by atoms with E-state index in [4.69, 9.17) is 17.2 Å². The molecule has 2 aromatic rings. The van der Waals surface area contributed by atoms with Crippen molar-refractivity contribution < 1.29 is 14.1 Å². The Morgan fingerprint density at radius 1 is 1.03 bits per heavy atom. The number of nitrogens with two attached hydrogens (primary N) is 3. The van der Waals surface area contributed by atoms with E-state index in [0.717, 1.165) is 47.9 Å². The van der Waals surface area contributed by atoms with Gasteiger partial charge in [0.2, 0.25) is 11.8 Å². The number of carbonyl (C=O) groups is 2. The van der Waals surface area contributed by atoms with E-state index in [1.807, 2.05) is 30.3 Å². The minimum atomic E-state index is -0.675. The number of amides is 2. The van der Waals surface area contributed by atoms with Gasteiger partial charge in [0.25, 0.3) is 0 Å². The molecule has 2 amide bonds. The number of pyridine rings is 1. The first-order valence-electron chi connectivity index (χ1n) is 14.3. The normalized spacial score (nSPS) is 16.2. The van der Waals surface area contributed by atoms with Crippen LogP contribution >= 0.6 is 0 Å². The van der Waals surface area contributed by atoms with Crippen molar-refractivity contribution >= 4 is 28.4 Å². The summed E-state index contributed by atoms with van der Waals surface area (Å²) in [5.41, 5.74) is 19.3. The Morgan fingerprint density at radius 3 is 2.45 bits per heavy atom. The molecule has 1 aromatic carbocycles. The number of anilines is 1. The third-order valence-corrected chi connectivity index (χ3v) is 7.97. The lowest BCUT2D eigenvalue weighted by atomic mass is 9.85. The Balaban J connectivity index is 1.60. The van der Waals surface area contributed by atoms with Crippen LogP contribution in [0.5, 0.6) is 0 Å². The van der Waals surface area contributed by atoms with Crippen LogP contribution in [0.4, 0.5) is 5.69 Å². The second-order valence-corrected chi connectivity index (χ2v) is 11.2. The Hall–Kier alpha value is -2.59. The fourth-order valence-corrected chi connectivity index (χ4v) is 5.58. The first-order valence-corrected chi connectivity index (χ1v) is 14.3. The predicted octanol–water partition coefficient (Wildman–Crippen LogP) is 2.49. The Bertz CT molecular complexity index is 1020. The summed E-state index contributed by atoms with van der Waals surface area (Å²) >= 11 is 0. The molecule has 0 bridgehead atoms. The Kier molecular flexibility index (Phi) is 11.9. The molecule has 3 rings (SSSR count). The first kappa shape index (κ1) is 30.0. The van der Waals surface area contributed by atoms with Gasteiger partial charge in [0, 0.05) is 18.5 Å². The number of hydrogen-bond donors (Lipinski definition) is 5. The number of hydrogen-bond acceptors (Lipinski definition) is 6. The van der Waals surface area contributed by atoms with Crippen molar-refractivity contribution in [2.45, 2.75) is 69.9 Å². The van der Waals surface area contributed by atoms with Crippen LogP contribution in [0.15, 0.2) is 36.5 Å². The van der Waals surface area contributed by atoms with Gasteiger partial charge in [-0.15, -0.1) is 0 Å². The van der Waals surface area contributed by atoms with Crippen LogP contribution in [-0.2, 0) is 9.59 Å². The highest BCUT2D eigenvalue weighted by Gasteiger charge is 2.27. The number of rotatable bonds is 15. The molecule has 1 aliphatic carbocycles. The largest absolute Gasteiger partial charge is 0.343 e. The van der Waals surface area contributed by atoms with Gasteiger partial charge in [-0.1, -0.05) is 50.3 Å². The Labute approximate surface area is 227 Å². The van der Waals surface area contributed by atoms with E-state index in [1.54, 1.807) is 6.20 Å². The summed E-state index contributed by atoms with van der Waals surface area (Å²) in [5.74, 6) is 0.0957. The minimum absolute atomic E-state index is 0.228. The van der Waals surface area contributed by atoms with Crippen molar-refractivity contribution in [1.82, 2.24) is 10.3 Å². The fraction of sp³-hybridized carbons (Fsp3) is 0.621. The van der Waals surface area contributed by atoms with Crippen LogP contribution in [0, 0.1) is 5.92 Å². The van der Waals surface area contributed by atoms with Crippen molar-refractivity contribution in [2.75, 3.05) is 45.1 Å². The van der Waals surface area contributed by atoms with Crippen molar-refractivity contribution in [2.24, 2.45) is 23.1 Å². The highest BCUT2D eigenvalue weighted by Crippen LogP contribution is 2.28. The van der Waals surface area contributed by atoms with Crippen LogP contribution in [0.1, 0.15) is 57.8 Å². The molecule has 210 valence electrons. The quantitative estimate of drug-likeness (QED) is 0.225. The zero-order valence-corrected chi connectivity index (χ0v) is 23.0. The summed E-state index contributed by atoms with van der Waals surface area (Å²) < 4.78 is 0.771. The predicted molar refractivity (Wildman–Crippen MR) is 154 cm³/mol. The molecule has 1 saturated carbocycles. The molecule has 1 fully saturated rings. The molecule has 38 heavy (non-hydrogen) atoms. The number of likely N-dealkylation sites (N-methyl/N-ethyl adjacent to an activating group) is 1. The third-order valence-electron chi connectivity index (χ3n) is 7.97. The summed E-state index contributed by atoms with van der Waals surface area (Å²) in [6.07, 6.45) is 10.7. The van der Waals surface area contributed by atoms with Gasteiger partial charge < -0.3 is 32.3 Å². The van der Waals surface area contributed by atoms with Crippen LogP contribution < -0.4 is 27.8 Å². The molecule has 9 heteroatoms. The average molecular weight is 527 g/mol. The molecule has 0 spiro atoms. The van der Waals surface area contributed by atoms with E-state index >= 15 is 0 Å². The molecule has 0 saturated heterocycles. The standard InChI is InChI=1S/C29H47N7O2/c1-36(18-15-30,19-16-31)17-7-11-25(32)28(37)35-27(14-13-22-8-3-2-4-9-22)29(38)34-24-20-23-10-5-6-12-26(23)33-21-24/h5-6,10,12,20-22,25,27H,2-4,7-9,11,13-19,30-32H2,1H3,(H-,34,35,37,38)/p+1/t25-,27+/m0/s1. The number of para-hydroxylation sites is 1. The molecule has 1 aliphatic rings. The average Bonchev–Trinajstić information content (AvgIpc) is 2.91. The minimum Gasteiger partial charge on any atom is -0.343 e. The summed E-state index contributed by atoms with van der Waals surface area (Å²) in [6, 6.07) is 8.36. The highest BCUT2D eigenvalue weighted by atomic mass is 16.2. The molecule has 9 nitrogen and oxygen atoms in total. The number of quaternary nitrogens is 1. The third kappa shape index (κ3) is 9.31. The molecular formula is C29H48N7O2+. The summed E-state index contributed by atoms with van der Waals surface area (Å²) in [4.78, 5) is 30.9. The molecule has 0 radical (unpaired) electrons. The molecule has 1 aromatic heterocycles. The fourth-order valence-electron chi connectivity index (χ4n) is 5.58. The molecule has 0 aliphatic heterocycles. The monoisotopic (exact) mass is 526 g/mol. The molecule has 1 heterocycles. The van der Waals surface area contributed by atoms with Crippen LogP contribution in [-0.4, -0.2) is 73.1 Å². The summed E-state index contributed by atoms with van der Waals surface area (Å²) in [7, 11) is 2.14. The number of aromatic nitrogens is 1. The maximum absolute atomic E-state index is 13.3. The van der Waals surface area contributed by atoms with Gasteiger partial charge in [-0.05, 0) is 43.7 Å². The van der Waals surface area contributed by atoms with E-state index in [9.17, 15) is 9.59 Å². The van der Waals surface area contributed by atoms with Crippen LogP contribution in [0.2, 0.25) is 0 Å². The van der Waals surface area contributed by atoms with Gasteiger partial charge in [0.05, 0.1) is 50.1 Å². The van der Waals surface area contributed by atoms with Gasteiger partial charge in [0.15, 0.2) is 0 Å². The van der Waals surface area contributed by atoms with E-state index in [0.29, 0.717) is 37.5 Å². The topological polar surface area (TPSA) is 149 Å². The maximum atomic E-state index is 13.3. The number of fused-ring (bicyclic) bond motifs is 1. The Morgan fingerprint density at radius 2 is 1.74 bits per heavy atom. The van der Waals surface area contributed by atoms with Gasteiger partial charge >= 0.3 is 0 Å². The van der Waals surface area contributed by atoms with Crippen molar-refractivity contribution in [3.8, 4) is 0 Å². The molecule has 0 unspecified atom stereocenters. The van der Waals surface area contributed by atoms with Gasteiger partial charge in [-0.2, -0.15) is 0 Å². The van der Waals surface area contributed by atoms with E-state index in [2.05, 4.69) is 22.7 Å². The highest BCUT2D eigenvalue weighted by molar-refractivity contribution is 5.98. The number of nitrogens with one attached hydrogen (secondary N) is 2. The number of carbonyl (C=O) groups excluding carboxylic acids is 2. The lowest BCUT2D eigenvalue weighted by Crippen LogP contribution is -2.52. The lowest BCUT2D eigenvalue weighted by Gasteiger charge is -2.34. The van der Waals surface area contributed by atoms with Crippen molar-refractivity contribution in [3.63, 3.8) is 0 Å². The van der Waals surface area contributed by atoms with E-state index in [-0.39, 0.29) is 11.8 Å². The van der Waals surface area contributed by atoms with Gasteiger partial charge in [0.1, 0.15) is 6.04 Å². The van der Waals surface area contributed by atoms with E-state index in [1.165, 1.54) is 32.1 Å². The lowest BCUT2D eigenvalue weighted by molar-refractivity contribution is -0.907. The van der Waals surface area contributed by atoms with Gasteiger partial charge in [-0.3, -0.25) is 14.6 Å². The van der Waals surface area contributed by atoms with Crippen molar-refractivity contribution in [1.29, 1.82) is 0 Å². The summed E-state index contributed by atoms with van der Waals surface area (Å²) in [5, 5.41) is 6.89.